The van der Waals surface area contributed by atoms with Crippen molar-refractivity contribution in [2.45, 2.75) is 13.3 Å². The van der Waals surface area contributed by atoms with Crippen molar-refractivity contribution in [3.8, 4) is 16.7 Å². The monoisotopic (exact) mass is 275 g/mol. The molecule has 96 valence electrons. The van der Waals surface area contributed by atoms with Crippen LogP contribution in [0.1, 0.15) is 4.88 Å². The normalized spacial score (nSPS) is 11.3. The largest absolute Gasteiger partial charge is 0.573 e. The fourth-order valence-corrected chi connectivity index (χ4v) is 1.82. The maximum Gasteiger partial charge on any atom is 0.573 e. The Morgan fingerprint density at radius 2 is 1.72 bits per heavy atom. The number of hydrogen-bond acceptors (Lipinski definition) is 4. The highest BCUT2D eigenvalue weighted by Gasteiger charge is 2.30. The van der Waals surface area contributed by atoms with E-state index in [1.165, 1.54) is 35.6 Å². The molecule has 1 aromatic heterocycles. The fourth-order valence-electron chi connectivity index (χ4n) is 1.19. The number of hydrogen-bond donors (Lipinski definition) is 0. The molecule has 2 rings (SSSR count). The number of nitrogens with zero attached hydrogens (tertiary/aromatic N) is 1. The van der Waals surface area contributed by atoms with Gasteiger partial charge in [0.2, 0.25) is 0 Å². The van der Waals surface area contributed by atoms with Crippen LogP contribution in [-0.2, 0) is 0 Å². The second kappa shape index (κ2) is 4.85. The first-order valence-electron chi connectivity index (χ1n) is 4.88. The summed E-state index contributed by atoms with van der Waals surface area (Å²) >= 11 is 1.35. The Morgan fingerprint density at radius 3 is 2.22 bits per heavy atom. The van der Waals surface area contributed by atoms with Gasteiger partial charge in [-0.2, -0.15) is 0 Å². The molecule has 0 aliphatic carbocycles. The van der Waals surface area contributed by atoms with Gasteiger partial charge in [-0.05, 0) is 31.2 Å². The van der Waals surface area contributed by atoms with Gasteiger partial charge in [0.25, 0.3) is 5.19 Å². The van der Waals surface area contributed by atoms with Crippen LogP contribution in [0.3, 0.4) is 0 Å². The van der Waals surface area contributed by atoms with Crippen LogP contribution in [-0.4, -0.2) is 11.3 Å². The third-order valence-corrected chi connectivity index (χ3v) is 2.65. The number of ether oxygens (including phenoxy) is 2. The summed E-state index contributed by atoms with van der Waals surface area (Å²) in [6, 6.07) is 5.14. The van der Waals surface area contributed by atoms with Gasteiger partial charge in [0.05, 0.1) is 0 Å². The summed E-state index contributed by atoms with van der Waals surface area (Å²) in [5.74, 6) is 0.115. The molecule has 0 aliphatic rings. The Hall–Kier alpha value is -1.76. The van der Waals surface area contributed by atoms with Gasteiger partial charge in [0.1, 0.15) is 11.5 Å². The summed E-state index contributed by atoms with van der Waals surface area (Å²) in [7, 11) is 0. The van der Waals surface area contributed by atoms with Crippen molar-refractivity contribution in [1.82, 2.24) is 4.98 Å². The van der Waals surface area contributed by atoms with Gasteiger partial charge in [-0.1, -0.05) is 11.3 Å². The van der Waals surface area contributed by atoms with E-state index in [0.717, 1.165) is 4.88 Å². The van der Waals surface area contributed by atoms with E-state index in [9.17, 15) is 13.2 Å². The Bertz CT molecular complexity index is 522. The number of aromatic nitrogens is 1. The maximum atomic E-state index is 11.9. The van der Waals surface area contributed by atoms with E-state index in [1.54, 1.807) is 6.20 Å². The summed E-state index contributed by atoms with van der Waals surface area (Å²) in [5, 5.41) is 0.442. The van der Waals surface area contributed by atoms with Crippen molar-refractivity contribution in [2.24, 2.45) is 0 Å². The average molecular weight is 275 g/mol. The highest BCUT2D eigenvalue weighted by Crippen LogP contribution is 2.29. The molecule has 3 nitrogen and oxygen atoms in total. The lowest BCUT2D eigenvalue weighted by molar-refractivity contribution is -0.274. The topological polar surface area (TPSA) is 31.4 Å². The smallest absolute Gasteiger partial charge is 0.431 e. The molecule has 0 bridgehead atoms. The first-order chi connectivity index (χ1) is 8.42. The van der Waals surface area contributed by atoms with Crippen LogP contribution in [0.15, 0.2) is 30.5 Å². The predicted octanol–water partition coefficient (Wildman–Crippen LogP) is 4.14. The average Bonchev–Trinajstić information content (AvgIpc) is 2.65. The van der Waals surface area contributed by atoms with Crippen molar-refractivity contribution in [2.75, 3.05) is 0 Å². The number of aryl methyl sites for hydroxylation is 1. The molecule has 0 spiro atoms. The Morgan fingerprint density at radius 1 is 1.11 bits per heavy atom. The maximum absolute atomic E-state index is 11.9. The Kier molecular flexibility index (Phi) is 3.42. The Labute approximate surface area is 105 Å². The molecule has 0 fully saturated rings. The molecule has 0 saturated heterocycles. The lowest BCUT2D eigenvalue weighted by Gasteiger charge is -2.09. The van der Waals surface area contributed by atoms with Gasteiger partial charge in [-0.3, -0.25) is 0 Å². The molecule has 0 unspecified atom stereocenters. The van der Waals surface area contributed by atoms with Crippen LogP contribution in [0, 0.1) is 6.92 Å². The molecule has 1 aromatic carbocycles. The zero-order valence-corrected chi connectivity index (χ0v) is 10.0. The second-order valence-electron chi connectivity index (χ2n) is 3.36. The standard InChI is InChI=1S/C11H8F3NO2S/c1-7-6-15-10(18-7)16-8-2-4-9(5-3-8)17-11(12,13)14/h2-6H,1H3. The van der Waals surface area contributed by atoms with E-state index in [1.807, 2.05) is 6.92 Å². The van der Waals surface area contributed by atoms with Gasteiger partial charge in [0, 0.05) is 11.1 Å². The van der Waals surface area contributed by atoms with E-state index in [-0.39, 0.29) is 5.75 Å². The first kappa shape index (κ1) is 12.7. The van der Waals surface area contributed by atoms with Crippen LogP contribution in [0.5, 0.6) is 16.7 Å². The minimum absolute atomic E-state index is 0.287. The van der Waals surface area contributed by atoms with Gasteiger partial charge >= 0.3 is 6.36 Å². The number of benzene rings is 1. The quantitative estimate of drug-likeness (QED) is 0.843. The molecular formula is C11H8F3NO2S. The molecule has 1 heterocycles. The number of rotatable bonds is 3. The number of alkyl halides is 3. The van der Waals surface area contributed by atoms with Crippen molar-refractivity contribution in [3.05, 3.63) is 35.3 Å². The lowest BCUT2D eigenvalue weighted by Crippen LogP contribution is -2.16. The van der Waals surface area contributed by atoms with Gasteiger partial charge in [-0.15, -0.1) is 13.2 Å². The van der Waals surface area contributed by atoms with Crippen LogP contribution in [0.4, 0.5) is 13.2 Å². The van der Waals surface area contributed by atoms with E-state index >= 15 is 0 Å². The molecule has 18 heavy (non-hydrogen) atoms. The zero-order valence-electron chi connectivity index (χ0n) is 9.19. The summed E-state index contributed by atoms with van der Waals surface area (Å²) in [4.78, 5) is 4.97. The summed E-state index contributed by atoms with van der Waals surface area (Å²) in [5.41, 5.74) is 0. The molecule has 0 aliphatic heterocycles. The molecule has 2 aromatic rings. The minimum Gasteiger partial charge on any atom is -0.431 e. The van der Waals surface area contributed by atoms with E-state index < -0.39 is 6.36 Å². The lowest BCUT2D eigenvalue weighted by atomic mass is 10.3. The van der Waals surface area contributed by atoms with Crippen molar-refractivity contribution >= 4 is 11.3 Å². The number of halogens is 3. The summed E-state index contributed by atoms with van der Waals surface area (Å²) in [6.07, 6.45) is -3.03. The van der Waals surface area contributed by atoms with Crippen LogP contribution < -0.4 is 9.47 Å². The van der Waals surface area contributed by atoms with E-state index in [2.05, 4.69) is 9.72 Å². The van der Waals surface area contributed by atoms with Gasteiger partial charge in [0.15, 0.2) is 0 Å². The second-order valence-corrected chi connectivity index (χ2v) is 4.56. The SMILES string of the molecule is Cc1cnc(Oc2ccc(OC(F)(F)F)cc2)s1. The molecule has 0 N–H and O–H groups in total. The predicted molar refractivity (Wildman–Crippen MR) is 60.1 cm³/mol. The fraction of sp³-hybridized carbons (Fsp3) is 0.182. The third-order valence-electron chi connectivity index (χ3n) is 1.86. The van der Waals surface area contributed by atoms with Crippen LogP contribution >= 0.6 is 11.3 Å². The molecular weight excluding hydrogens is 267 g/mol. The zero-order chi connectivity index (χ0) is 13.2. The highest BCUT2D eigenvalue weighted by atomic mass is 32.1. The molecule has 7 heteroatoms. The highest BCUT2D eigenvalue weighted by molar-refractivity contribution is 7.13. The van der Waals surface area contributed by atoms with Crippen molar-refractivity contribution in [3.63, 3.8) is 0 Å². The minimum atomic E-state index is -4.69. The number of thiazole rings is 1. The van der Waals surface area contributed by atoms with Crippen molar-refractivity contribution < 1.29 is 22.6 Å². The van der Waals surface area contributed by atoms with Gasteiger partial charge in [-0.25, -0.2) is 4.98 Å². The first-order valence-corrected chi connectivity index (χ1v) is 5.70. The Balaban J connectivity index is 2.04. The van der Waals surface area contributed by atoms with E-state index in [4.69, 9.17) is 4.74 Å². The van der Waals surface area contributed by atoms with Gasteiger partial charge < -0.3 is 9.47 Å². The molecule has 0 saturated carbocycles. The molecule has 0 radical (unpaired) electrons. The van der Waals surface area contributed by atoms with Crippen molar-refractivity contribution in [1.29, 1.82) is 0 Å². The summed E-state index contributed by atoms with van der Waals surface area (Å²) < 4.78 is 44.9. The summed E-state index contributed by atoms with van der Waals surface area (Å²) in [6.45, 7) is 1.88. The van der Waals surface area contributed by atoms with Crippen LogP contribution in [0.25, 0.3) is 0 Å². The van der Waals surface area contributed by atoms with E-state index in [0.29, 0.717) is 10.9 Å². The molecule has 0 atom stereocenters. The third kappa shape index (κ3) is 3.63. The molecule has 0 amide bonds. The van der Waals surface area contributed by atoms with Crippen LogP contribution in [0.2, 0.25) is 0 Å².